The Labute approximate surface area is 95.3 Å². The molecule has 0 aliphatic heterocycles. The number of carboxylic acids is 1. The second kappa shape index (κ2) is 6.89. The second-order valence-corrected chi connectivity index (χ2v) is 3.12. The fourth-order valence-electron chi connectivity index (χ4n) is 0.868. The quantitative estimate of drug-likeness (QED) is 0.758. The van der Waals surface area contributed by atoms with E-state index in [9.17, 15) is 13.2 Å². The summed E-state index contributed by atoms with van der Waals surface area (Å²) in [6, 6.07) is 0. The number of aryl methyl sites for hydroxylation is 2. The lowest BCUT2D eigenvalue weighted by atomic mass is 10.3. The number of aliphatic carboxylic acids is 1. The fourth-order valence-corrected chi connectivity index (χ4v) is 0.868. The molecule has 1 aromatic rings. The van der Waals surface area contributed by atoms with E-state index < -0.39 is 12.1 Å². The van der Waals surface area contributed by atoms with E-state index in [1.807, 2.05) is 13.1 Å². The number of rotatable bonds is 3. The summed E-state index contributed by atoms with van der Waals surface area (Å²) in [5.74, 6) is -1.82. The smallest absolute Gasteiger partial charge is 0.475 e. The molecule has 1 heterocycles. The topological polar surface area (TPSA) is 86.2 Å². The van der Waals surface area contributed by atoms with Crippen molar-refractivity contribution in [2.75, 3.05) is 6.61 Å². The molecule has 1 aromatic heterocycles. The third-order valence-electron chi connectivity index (χ3n) is 1.60. The molecule has 17 heavy (non-hydrogen) atoms. The third kappa shape index (κ3) is 7.34. The predicted octanol–water partition coefficient (Wildman–Crippen LogP) is 1.28. The molecule has 0 saturated carbocycles. The Morgan fingerprint density at radius 1 is 1.53 bits per heavy atom. The van der Waals surface area contributed by atoms with Crippen LogP contribution in [0.2, 0.25) is 0 Å². The maximum absolute atomic E-state index is 10.6. The molecule has 0 aliphatic rings. The Kier molecular flexibility index (Phi) is 6.26. The van der Waals surface area contributed by atoms with E-state index in [1.165, 1.54) is 0 Å². The molecule has 0 aliphatic carbocycles. The van der Waals surface area contributed by atoms with Crippen LogP contribution in [0.3, 0.4) is 0 Å². The van der Waals surface area contributed by atoms with Crippen LogP contribution in [0.4, 0.5) is 13.2 Å². The summed E-state index contributed by atoms with van der Waals surface area (Å²) in [6.07, 6.45) is -1.58. The number of nitrogens with one attached hydrogen (secondary N) is 1. The predicted molar refractivity (Wildman–Crippen MR) is 52.4 cm³/mol. The summed E-state index contributed by atoms with van der Waals surface area (Å²) in [5, 5.41) is 15.6. The number of carboxylic acid groups (broad SMARTS) is 1. The number of halogens is 3. The number of hydrogen-bond acceptors (Lipinski definition) is 3. The number of aromatic nitrogens is 2. The van der Waals surface area contributed by atoms with E-state index in [0.29, 0.717) is 0 Å². The minimum absolute atomic E-state index is 0.248. The molecule has 1 rings (SSSR count). The third-order valence-corrected chi connectivity index (χ3v) is 1.60. The average molecular weight is 254 g/mol. The molecule has 8 heteroatoms. The number of H-pyrrole nitrogens is 1. The maximum Gasteiger partial charge on any atom is 0.490 e. The molecule has 3 N–H and O–H groups in total. The molecule has 0 aromatic carbocycles. The molecule has 0 atom stereocenters. The summed E-state index contributed by atoms with van der Waals surface area (Å²) in [4.78, 5) is 16.0. The minimum atomic E-state index is -5.08. The van der Waals surface area contributed by atoms with E-state index in [4.69, 9.17) is 15.0 Å². The Bertz CT molecular complexity index is 350. The van der Waals surface area contributed by atoms with Crippen LogP contribution < -0.4 is 0 Å². The van der Waals surface area contributed by atoms with Gasteiger partial charge in [0.15, 0.2) is 0 Å². The van der Waals surface area contributed by atoms with Gasteiger partial charge >= 0.3 is 12.1 Å². The lowest BCUT2D eigenvalue weighted by Crippen LogP contribution is -2.21. The average Bonchev–Trinajstić information content (AvgIpc) is 2.60. The highest BCUT2D eigenvalue weighted by Crippen LogP contribution is 2.13. The van der Waals surface area contributed by atoms with Gasteiger partial charge in [0.25, 0.3) is 0 Å². The van der Waals surface area contributed by atoms with Gasteiger partial charge in [-0.2, -0.15) is 13.2 Å². The minimum Gasteiger partial charge on any atom is -0.475 e. The summed E-state index contributed by atoms with van der Waals surface area (Å²) in [5.41, 5.74) is 1.10. The molecule has 0 amide bonds. The summed E-state index contributed by atoms with van der Waals surface area (Å²) >= 11 is 0. The molecular weight excluding hydrogens is 241 g/mol. The van der Waals surface area contributed by atoms with Gasteiger partial charge in [-0.3, -0.25) is 0 Å². The van der Waals surface area contributed by atoms with E-state index in [-0.39, 0.29) is 6.61 Å². The largest absolute Gasteiger partial charge is 0.490 e. The lowest BCUT2D eigenvalue weighted by Gasteiger charge is -1.93. The van der Waals surface area contributed by atoms with Crippen molar-refractivity contribution < 1.29 is 28.2 Å². The van der Waals surface area contributed by atoms with Gasteiger partial charge in [0.2, 0.25) is 0 Å². The van der Waals surface area contributed by atoms with E-state index in [0.717, 1.165) is 24.4 Å². The van der Waals surface area contributed by atoms with E-state index in [1.54, 1.807) is 0 Å². The van der Waals surface area contributed by atoms with Gasteiger partial charge in [0.1, 0.15) is 5.82 Å². The van der Waals surface area contributed by atoms with Crippen molar-refractivity contribution in [3.63, 3.8) is 0 Å². The molecule has 0 saturated heterocycles. The molecule has 0 fully saturated rings. The van der Waals surface area contributed by atoms with Crippen LogP contribution in [0.1, 0.15) is 17.9 Å². The molecule has 0 bridgehead atoms. The number of hydrogen-bond donors (Lipinski definition) is 3. The van der Waals surface area contributed by atoms with Gasteiger partial charge in [-0.15, -0.1) is 0 Å². The van der Waals surface area contributed by atoms with Crippen molar-refractivity contribution in [2.45, 2.75) is 25.9 Å². The first-order valence-corrected chi connectivity index (χ1v) is 4.68. The van der Waals surface area contributed by atoms with Crippen molar-refractivity contribution in [3.05, 3.63) is 17.7 Å². The van der Waals surface area contributed by atoms with Gasteiger partial charge < -0.3 is 15.2 Å². The number of aromatic amines is 1. The number of aliphatic hydroxyl groups is 1. The highest BCUT2D eigenvalue weighted by atomic mass is 19.4. The molecule has 0 spiro atoms. The van der Waals surface area contributed by atoms with Crippen molar-refractivity contribution in [2.24, 2.45) is 0 Å². The van der Waals surface area contributed by atoms with Crippen LogP contribution in [0.15, 0.2) is 6.20 Å². The van der Waals surface area contributed by atoms with Crippen LogP contribution in [-0.2, 0) is 11.2 Å². The molecule has 98 valence electrons. The second-order valence-electron chi connectivity index (χ2n) is 3.12. The zero-order chi connectivity index (χ0) is 13.5. The lowest BCUT2D eigenvalue weighted by molar-refractivity contribution is -0.192. The Balaban J connectivity index is 0.000000325. The molecular formula is C9H13F3N2O3. The summed E-state index contributed by atoms with van der Waals surface area (Å²) in [7, 11) is 0. The maximum atomic E-state index is 10.6. The SMILES string of the molecule is Cc1ncc(CCCO)[nH]1.O=C(O)C(F)(F)F. The van der Waals surface area contributed by atoms with Gasteiger partial charge in [-0.05, 0) is 19.8 Å². The highest BCUT2D eigenvalue weighted by Gasteiger charge is 2.38. The molecule has 0 unspecified atom stereocenters. The van der Waals surface area contributed by atoms with Gasteiger partial charge in [0.05, 0.1) is 0 Å². The number of nitrogens with zero attached hydrogens (tertiary/aromatic N) is 1. The molecule has 0 radical (unpaired) electrons. The van der Waals surface area contributed by atoms with Crippen LogP contribution >= 0.6 is 0 Å². The normalized spacial score (nSPS) is 10.6. The summed E-state index contributed by atoms with van der Waals surface area (Å²) < 4.78 is 31.7. The van der Waals surface area contributed by atoms with Crippen molar-refractivity contribution in [1.29, 1.82) is 0 Å². The Morgan fingerprint density at radius 2 is 2.06 bits per heavy atom. The first kappa shape index (κ1) is 15.4. The summed E-state index contributed by atoms with van der Waals surface area (Å²) in [6.45, 7) is 2.17. The van der Waals surface area contributed by atoms with Crippen LogP contribution in [0.5, 0.6) is 0 Å². The fraction of sp³-hybridized carbons (Fsp3) is 0.556. The van der Waals surface area contributed by atoms with Crippen molar-refractivity contribution in [1.82, 2.24) is 9.97 Å². The Morgan fingerprint density at radius 3 is 2.35 bits per heavy atom. The van der Waals surface area contributed by atoms with E-state index >= 15 is 0 Å². The number of imidazole rings is 1. The van der Waals surface area contributed by atoms with E-state index in [2.05, 4.69) is 9.97 Å². The van der Waals surface area contributed by atoms with Gasteiger partial charge in [-0.25, -0.2) is 9.78 Å². The van der Waals surface area contributed by atoms with Crippen molar-refractivity contribution >= 4 is 5.97 Å². The number of carbonyl (C=O) groups is 1. The van der Waals surface area contributed by atoms with Crippen LogP contribution in [0, 0.1) is 6.92 Å². The number of alkyl halides is 3. The standard InChI is InChI=1S/C7H12N2O.C2HF3O2/c1-6-8-5-7(9-6)3-2-4-10;3-2(4,5)1(6)7/h5,10H,2-4H2,1H3,(H,8,9);(H,6,7). The van der Waals surface area contributed by atoms with Crippen LogP contribution in [0.25, 0.3) is 0 Å². The number of aliphatic hydroxyl groups excluding tert-OH is 1. The first-order valence-electron chi connectivity index (χ1n) is 4.68. The van der Waals surface area contributed by atoms with Gasteiger partial charge in [0, 0.05) is 18.5 Å². The van der Waals surface area contributed by atoms with Crippen LogP contribution in [-0.4, -0.2) is 38.9 Å². The zero-order valence-electron chi connectivity index (χ0n) is 9.08. The zero-order valence-corrected chi connectivity index (χ0v) is 9.08. The van der Waals surface area contributed by atoms with Crippen molar-refractivity contribution in [3.8, 4) is 0 Å². The molecule has 5 nitrogen and oxygen atoms in total. The first-order chi connectivity index (χ1) is 7.77. The Hall–Kier alpha value is -1.57. The highest BCUT2D eigenvalue weighted by molar-refractivity contribution is 5.73. The van der Waals surface area contributed by atoms with Gasteiger partial charge in [-0.1, -0.05) is 0 Å². The monoisotopic (exact) mass is 254 g/mol.